The van der Waals surface area contributed by atoms with Crippen LogP contribution in [0, 0.1) is 5.92 Å². The molecule has 1 aliphatic rings. The molecular formula is C21H25ClN6O2. The van der Waals surface area contributed by atoms with Crippen LogP contribution in [0.3, 0.4) is 0 Å². The zero-order valence-electron chi connectivity index (χ0n) is 17.1. The van der Waals surface area contributed by atoms with Gasteiger partial charge in [0.1, 0.15) is 5.82 Å². The van der Waals surface area contributed by atoms with Gasteiger partial charge in [0.25, 0.3) is 5.56 Å². The van der Waals surface area contributed by atoms with E-state index in [2.05, 4.69) is 15.3 Å². The van der Waals surface area contributed by atoms with Crippen LogP contribution in [0.5, 0.6) is 0 Å². The normalized spacial score (nSPS) is 17.1. The highest BCUT2D eigenvalue weighted by atomic mass is 35.5. The van der Waals surface area contributed by atoms with Crippen molar-refractivity contribution >= 4 is 28.7 Å². The van der Waals surface area contributed by atoms with E-state index in [0.717, 1.165) is 24.9 Å². The first-order valence-corrected chi connectivity index (χ1v) is 10.6. The Hall–Kier alpha value is -2.74. The Morgan fingerprint density at radius 3 is 2.97 bits per heavy atom. The average molecular weight is 429 g/mol. The van der Waals surface area contributed by atoms with Crippen molar-refractivity contribution < 1.29 is 4.79 Å². The zero-order valence-corrected chi connectivity index (χ0v) is 17.9. The molecule has 1 aliphatic heterocycles. The van der Waals surface area contributed by atoms with Crippen LogP contribution >= 0.6 is 11.6 Å². The lowest BCUT2D eigenvalue weighted by Gasteiger charge is -2.32. The third kappa shape index (κ3) is 4.38. The van der Waals surface area contributed by atoms with Crippen LogP contribution in [0.15, 0.2) is 29.1 Å². The van der Waals surface area contributed by atoms with Gasteiger partial charge >= 0.3 is 0 Å². The first-order chi connectivity index (χ1) is 14.4. The van der Waals surface area contributed by atoms with E-state index in [1.807, 2.05) is 36.9 Å². The third-order valence-corrected chi connectivity index (χ3v) is 5.59. The first-order valence-electron chi connectivity index (χ1n) is 10.3. The summed E-state index contributed by atoms with van der Waals surface area (Å²) >= 11 is 6.08. The monoisotopic (exact) mass is 428 g/mol. The average Bonchev–Trinajstić information content (AvgIpc) is 3.11. The SMILES string of the molecule is CC(C)CC(=O)N1CCC[C@@H](c2nc3c(nnn3Cc3cccc(Cl)c3)c(=O)[nH]2)C1. The van der Waals surface area contributed by atoms with Crippen LogP contribution in [-0.4, -0.2) is 48.9 Å². The number of nitrogens with zero attached hydrogens (tertiary/aromatic N) is 5. The van der Waals surface area contributed by atoms with Crippen molar-refractivity contribution in [3.63, 3.8) is 0 Å². The number of hydrogen-bond acceptors (Lipinski definition) is 5. The third-order valence-electron chi connectivity index (χ3n) is 5.36. The van der Waals surface area contributed by atoms with Gasteiger partial charge in [0, 0.05) is 30.5 Å². The largest absolute Gasteiger partial charge is 0.342 e. The van der Waals surface area contributed by atoms with Crippen molar-refractivity contribution in [2.45, 2.75) is 45.6 Å². The summed E-state index contributed by atoms with van der Waals surface area (Å²) in [5.41, 5.74) is 1.29. The van der Waals surface area contributed by atoms with Crippen molar-refractivity contribution in [1.82, 2.24) is 29.9 Å². The fraction of sp³-hybridized carbons (Fsp3) is 0.476. The number of H-pyrrole nitrogens is 1. The lowest BCUT2D eigenvalue weighted by molar-refractivity contribution is -0.133. The van der Waals surface area contributed by atoms with Gasteiger partial charge in [0.2, 0.25) is 5.91 Å². The minimum atomic E-state index is -0.307. The lowest BCUT2D eigenvalue weighted by atomic mass is 9.96. The number of nitrogens with one attached hydrogen (secondary N) is 1. The van der Waals surface area contributed by atoms with E-state index >= 15 is 0 Å². The minimum absolute atomic E-state index is 0.0125. The number of aromatic nitrogens is 5. The maximum Gasteiger partial charge on any atom is 0.281 e. The van der Waals surface area contributed by atoms with Gasteiger partial charge in [-0.1, -0.05) is 42.8 Å². The smallest absolute Gasteiger partial charge is 0.281 e. The van der Waals surface area contributed by atoms with Crippen molar-refractivity contribution in [2.75, 3.05) is 13.1 Å². The second-order valence-corrected chi connectivity index (χ2v) is 8.71. The van der Waals surface area contributed by atoms with Crippen molar-refractivity contribution in [1.29, 1.82) is 0 Å². The van der Waals surface area contributed by atoms with Crippen molar-refractivity contribution in [2.24, 2.45) is 5.92 Å². The summed E-state index contributed by atoms with van der Waals surface area (Å²) in [5, 5.41) is 8.76. The number of likely N-dealkylation sites (tertiary alicyclic amines) is 1. The van der Waals surface area contributed by atoms with Gasteiger partial charge in [-0.2, -0.15) is 0 Å². The number of amides is 1. The van der Waals surface area contributed by atoms with Crippen molar-refractivity contribution in [3.8, 4) is 0 Å². The molecule has 3 heterocycles. The minimum Gasteiger partial charge on any atom is -0.342 e. The molecule has 0 saturated carbocycles. The van der Waals surface area contributed by atoms with Crippen LogP contribution in [0.25, 0.3) is 11.2 Å². The fourth-order valence-electron chi connectivity index (χ4n) is 3.90. The number of hydrogen-bond donors (Lipinski definition) is 1. The van der Waals surface area contributed by atoms with E-state index in [1.54, 1.807) is 10.7 Å². The standard InChI is InChI=1S/C21H25ClN6O2/c1-13(2)9-17(29)27-8-4-6-15(12-27)19-23-20-18(21(30)24-19)25-26-28(20)11-14-5-3-7-16(22)10-14/h3,5,7,10,13,15H,4,6,8-9,11-12H2,1-2H3,(H,23,24,30)/t15-/m1/s1. The van der Waals surface area contributed by atoms with E-state index in [1.165, 1.54) is 0 Å². The van der Waals surface area contributed by atoms with E-state index in [0.29, 0.717) is 41.9 Å². The summed E-state index contributed by atoms with van der Waals surface area (Å²) in [6.45, 7) is 5.82. The predicted molar refractivity (Wildman–Crippen MR) is 115 cm³/mol. The molecule has 8 nitrogen and oxygen atoms in total. The molecule has 0 radical (unpaired) electrons. The molecule has 1 fully saturated rings. The Morgan fingerprint density at radius 2 is 2.20 bits per heavy atom. The molecule has 1 aromatic carbocycles. The van der Waals surface area contributed by atoms with Crippen LogP contribution in [0.2, 0.25) is 5.02 Å². The fourth-order valence-corrected chi connectivity index (χ4v) is 4.11. The van der Waals surface area contributed by atoms with Crippen LogP contribution in [-0.2, 0) is 11.3 Å². The summed E-state index contributed by atoms with van der Waals surface area (Å²) in [4.78, 5) is 34.6. The van der Waals surface area contributed by atoms with Crippen LogP contribution in [0.1, 0.15) is 50.4 Å². The van der Waals surface area contributed by atoms with E-state index in [4.69, 9.17) is 16.6 Å². The number of rotatable bonds is 5. The van der Waals surface area contributed by atoms with Gasteiger partial charge in [-0.05, 0) is 36.5 Å². The predicted octanol–water partition coefficient (Wildman–Crippen LogP) is 2.97. The highest BCUT2D eigenvalue weighted by molar-refractivity contribution is 6.30. The van der Waals surface area contributed by atoms with E-state index in [-0.39, 0.29) is 22.9 Å². The van der Waals surface area contributed by atoms with Crippen LogP contribution < -0.4 is 5.56 Å². The van der Waals surface area contributed by atoms with Gasteiger partial charge in [0.05, 0.1) is 6.54 Å². The molecule has 0 spiro atoms. The summed E-state index contributed by atoms with van der Waals surface area (Å²) < 4.78 is 1.62. The highest BCUT2D eigenvalue weighted by Gasteiger charge is 2.27. The molecule has 2 aromatic heterocycles. The van der Waals surface area contributed by atoms with Gasteiger partial charge < -0.3 is 9.88 Å². The summed E-state index contributed by atoms with van der Waals surface area (Å²) in [6.07, 6.45) is 2.29. The van der Waals surface area contributed by atoms with Gasteiger partial charge in [-0.15, -0.1) is 5.10 Å². The number of aromatic amines is 1. The molecule has 1 atom stereocenters. The highest BCUT2D eigenvalue weighted by Crippen LogP contribution is 2.25. The molecular weight excluding hydrogens is 404 g/mol. The zero-order chi connectivity index (χ0) is 21.3. The molecule has 1 saturated heterocycles. The van der Waals surface area contributed by atoms with Gasteiger partial charge in [-0.25, -0.2) is 9.67 Å². The maximum absolute atomic E-state index is 12.6. The van der Waals surface area contributed by atoms with E-state index < -0.39 is 0 Å². The Kier molecular flexibility index (Phi) is 5.85. The van der Waals surface area contributed by atoms with Crippen LogP contribution in [0.4, 0.5) is 0 Å². The number of carbonyl (C=O) groups is 1. The number of halogens is 1. The number of piperidine rings is 1. The van der Waals surface area contributed by atoms with E-state index in [9.17, 15) is 9.59 Å². The molecule has 9 heteroatoms. The Bertz CT molecular complexity index is 1120. The summed E-state index contributed by atoms with van der Waals surface area (Å²) in [7, 11) is 0. The second kappa shape index (κ2) is 8.55. The Balaban J connectivity index is 1.62. The Morgan fingerprint density at radius 1 is 1.37 bits per heavy atom. The molecule has 4 rings (SSSR count). The quantitative estimate of drug-likeness (QED) is 0.673. The molecule has 1 N–H and O–H groups in total. The number of carbonyl (C=O) groups excluding carboxylic acids is 1. The number of fused-ring (bicyclic) bond motifs is 1. The summed E-state index contributed by atoms with van der Waals surface area (Å²) in [5.74, 6) is 1.05. The molecule has 30 heavy (non-hydrogen) atoms. The molecule has 0 bridgehead atoms. The molecule has 0 unspecified atom stereocenters. The molecule has 3 aromatic rings. The topological polar surface area (TPSA) is 96.8 Å². The second-order valence-electron chi connectivity index (χ2n) is 8.28. The van der Waals surface area contributed by atoms with Crippen molar-refractivity contribution in [3.05, 3.63) is 51.0 Å². The van der Waals surface area contributed by atoms with Gasteiger partial charge in [0.15, 0.2) is 11.2 Å². The summed E-state index contributed by atoms with van der Waals surface area (Å²) in [6, 6.07) is 7.46. The molecule has 0 aliphatic carbocycles. The maximum atomic E-state index is 12.6. The Labute approximate surface area is 179 Å². The first kappa shape index (κ1) is 20.5. The molecule has 158 valence electrons. The lowest BCUT2D eigenvalue weighted by Crippen LogP contribution is -2.40. The number of benzene rings is 1. The van der Waals surface area contributed by atoms with Gasteiger partial charge in [-0.3, -0.25) is 9.59 Å². The molecule has 1 amide bonds.